The smallest absolute Gasteiger partial charge is 0.160 e. The van der Waals surface area contributed by atoms with Crippen molar-refractivity contribution in [2.24, 2.45) is 0 Å². The Morgan fingerprint density at radius 1 is 0.339 bits per heavy atom. The SMILES string of the molecule is c1ccc(-c2nc(-c3cccc(-c4cccc(-c5cccc6c5oc5ccccc56)c4)c3)cc(-c3cccc4c3-c3ccccc3C4(c3ccccc3)c3ccccc3)n2)cc1. The third-order valence-electron chi connectivity index (χ3n) is 12.6. The second kappa shape index (κ2) is 14.5. The Kier molecular flexibility index (Phi) is 8.39. The summed E-state index contributed by atoms with van der Waals surface area (Å²) in [6.45, 7) is 0. The van der Waals surface area contributed by atoms with Crippen LogP contribution in [0, 0.1) is 0 Å². The van der Waals surface area contributed by atoms with E-state index in [1.165, 1.54) is 33.4 Å². The average molecular weight is 791 g/mol. The standard InChI is InChI=1S/C59H38N2O/c1-4-18-39(19-5-1)58-60-53(43-23-15-21-41(37-43)40-20-14-22-42(36-40)46-30-16-31-48-47-28-11-13-35-55(47)62-57(46)48)38-54(61-58)50-32-17-34-52-56(50)49-29-10-12-33-51(49)59(52,44-24-6-2-7-25-44)45-26-8-3-9-27-45/h1-38H. The van der Waals surface area contributed by atoms with Crippen LogP contribution in [-0.2, 0) is 5.41 Å². The lowest BCUT2D eigenvalue weighted by molar-refractivity contribution is 0.670. The molecular weight excluding hydrogens is 753 g/mol. The van der Waals surface area contributed by atoms with Gasteiger partial charge in [0.1, 0.15) is 11.2 Å². The molecule has 0 N–H and O–H groups in total. The normalized spacial score (nSPS) is 12.6. The lowest BCUT2D eigenvalue weighted by Crippen LogP contribution is -2.28. The Morgan fingerprint density at radius 3 is 1.63 bits per heavy atom. The molecule has 9 aromatic carbocycles. The number of hydrogen-bond donors (Lipinski definition) is 0. The van der Waals surface area contributed by atoms with Gasteiger partial charge in [0, 0.05) is 33.0 Å². The summed E-state index contributed by atoms with van der Waals surface area (Å²) in [4.78, 5) is 10.7. The van der Waals surface area contributed by atoms with Gasteiger partial charge in [-0.05, 0) is 74.3 Å². The van der Waals surface area contributed by atoms with Crippen molar-refractivity contribution < 1.29 is 4.42 Å². The maximum absolute atomic E-state index is 6.45. The fraction of sp³-hybridized carbons (Fsp3) is 0.0169. The van der Waals surface area contributed by atoms with Gasteiger partial charge in [-0.15, -0.1) is 0 Å². The summed E-state index contributed by atoms with van der Waals surface area (Å²) in [5.41, 5.74) is 17.9. The molecule has 3 nitrogen and oxygen atoms in total. The van der Waals surface area contributed by atoms with E-state index in [0.29, 0.717) is 5.82 Å². The monoisotopic (exact) mass is 790 g/mol. The fourth-order valence-electron chi connectivity index (χ4n) is 9.85. The third kappa shape index (κ3) is 5.67. The Morgan fingerprint density at radius 2 is 0.855 bits per heavy atom. The first kappa shape index (κ1) is 35.8. The Hall–Kier alpha value is -8.14. The van der Waals surface area contributed by atoms with Crippen molar-refractivity contribution in [3.05, 3.63) is 253 Å². The number of furan rings is 1. The maximum Gasteiger partial charge on any atom is 0.160 e. The van der Waals surface area contributed by atoms with Gasteiger partial charge in [-0.2, -0.15) is 0 Å². The molecule has 2 aromatic heterocycles. The maximum atomic E-state index is 6.45. The third-order valence-corrected chi connectivity index (χ3v) is 12.6. The summed E-state index contributed by atoms with van der Waals surface area (Å²) in [7, 11) is 0. The summed E-state index contributed by atoms with van der Waals surface area (Å²) in [5, 5.41) is 2.25. The van der Waals surface area contributed by atoms with Crippen LogP contribution in [0.4, 0.5) is 0 Å². The molecule has 0 saturated heterocycles. The van der Waals surface area contributed by atoms with Crippen LogP contribution in [0.2, 0.25) is 0 Å². The van der Waals surface area contributed by atoms with Crippen molar-refractivity contribution in [3.63, 3.8) is 0 Å². The highest BCUT2D eigenvalue weighted by molar-refractivity contribution is 6.09. The number of para-hydroxylation sites is 2. The summed E-state index contributed by atoms with van der Waals surface area (Å²) >= 11 is 0. The first-order valence-corrected chi connectivity index (χ1v) is 21.1. The molecule has 11 aromatic rings. The van der Waals surface area contributed by atoms with Gasteiger partial charge < -0.3 is 4.42 Å². The van der Waals surface area contributed by atoms with Gasteiger partial charge in [0.2, 0.25) is 0 Å². The molecule has 0 fully saturated rings. The first-order valence-electron chi connectivity index (χ1n) is 21.1. The largest absolute Gasteiger partial charge is 0.455 e. The van der Waals surface area contributed by atoms with Gasteiger partial charge in [0.05, 0.1) is 16.8 Å². The molecule has 0 spiro atoms. The minimum absolute atomic E-state index is 0.513. The van der Waals surface area contributed by atoms with E-state index < -0.39 is 5.41 Å². The molecule has 290 valence electrons. The van der Waals surface area contributed by atoms with E-state index in [0.717, 1.165) is 72.3 Å². The molecule has 0 amide bonds. The number of rotatable bonds is 7. The van der Waals surface area contributed by atoms with E-state index in [1.54, 1.807) is 0 Å². The summed E-state index contributed by atoms with van der Waals surface area (Å²) in [6, 6.07) is 82.1. The van der Waals surface area contributed by atoms with Gasteiger partial charge in [-0.1, -0.05) is 206 Å². The summed E-state index contributed by atoms with van der Waals surface area (Å²) in [5.74, 6) is 0.686. The van der Waals surface area contributed by atoms with Crippen LogP contribution in [-0.4, -0.2) is 9.97 Å². The van der Waals surface area contributed by atoms with Crippen LogP contribution < -0.4 is 0 Å². The van der Waals surface area contributed by atoms with Crippen molar-refractivity contribution in [3.8, 4) is 67.3 Å². The van der Waals surface area contributed by atoms with Crippen molar-refractivity contribution in [1.29, 1.82) is 0 Å². The van der Waals surface area contributed by atoms with Gasteiger partial charge in [0.25, 0.3) is 0 Å². The molecule has 0 radical (unpaired) electrons. The molecule has 0 saturated carbocycles. The lowest BCUT2D eigenvalue weighted by atomic mass is 9.67. The van der Waals surface area contributed by atoms with Crippen molar-refractivity contribution >= 4 is 21.9 Å². The minimum atomic E-state index is -0.513. The number of fused-ring (bicyclic) bond motifs is 6. The van der Waals surface area contributed by atoms with E-state index >= 15 is 0 Å². The van der Waals surface area contributed by atoms with Crippen LogP contribution in [0.25, 0.3) is 89.2 Å². The van der Waals surface area contributed by atoms with Gasteiger partial charge >= 0.3 is 0 Å². The van der Waals surface area contributed by atoms with E-state index in [1.807, 2.05) is 18.2 Å². The molecule has 0 unspecified atom stereocenters. The fourth-order valence-corrected chi connectivity index (χ4v) is 9.85. The second-order valence-electron chi connectivity index (χ2n) is 16.0. The van der Waals surface area contributed by atoms with Crippen molar-refractivity contribution in [2.45, 2.75) is 5.41 Å². The Labute approximate surface area is 360 Å². The molecule has 3 heteroatoms. The molecule has 0 bridgehead atoms. The van der Waals surface area contributed by atoms with E-state index in [2.05, 4.69) is 212 Å². The first-order chi connectivity index (χ1) is 30.7. The molecule has 2 heterocycles. The predicted molar refractivity (Wildman–Crippen MR) is 254 cm³/mol. The van der Waals surface area contributed by atoms with Crippen LogP contribution in [0.1, 0.15) is 22.3 Å². The minimum Gasteiger partial charge on any atom is -0.455 e. The summed E-state index contributed by atoms with van der Waals surface area (Å²) in [6.07, 6.45) is 0. The molecule has 62 heavy (non-hydrogen) atoms. The van der Waals surface area contributed by atoms with Crippen molar-refractivity contribution in [1.82, 2.24) is 9.97 Å². The van der Waals surface area contributed by atoms with Crippen LogP contribution >= 0.6 is 0 Å². The Bertz CT molecular complexity index is 3420. The van der Waals surface area contributed by atoms with Crippen LogP contribution in [0.5, 0.6) is 0 Å². The van der Waals surface area contributed by atoms with Crippen LogP contribution in [0.15, 0.2) is 235 Å². The van der Waals surface area contributed by atoms with Gasteiger partial charge in [-0.3, -0.25) is 0 Å². The zero-order chi connectivity index (χ0) is 41.0. The van der Waals surface area contributed by atoms with Crippen molar-refractivity contribution in [2.75, 3.05) is 0 Å². The highest BCUT2D eigenvalue weighted by Crippen LogP contribution is 2.58. The van der Waals surface area contributed by atoms with Crippen LogP contribution in [0.3, 0.4) is 0 Å². The highest BCUT2D eigenvalue weighted by Gasteiger charge is 2.46. The topological polar surface area (TPSA) is 38.9 Å². The van der Waals surface area contributed by atoms with E-state index in [9.17, 15) is 0 Å². The zero-order valence-electron chi connectivity index (χ0n) is 33.7. The van der Waals surface area contributed by atoms with E-state index in [4.69, 9.17) is 14.4 Å². The molecule has 1 aliphatic rings. The predicted octanol–water partition coefficient (Wildman–Crippen LogP) is 15.1. The average Bonchev–Trinajstić information content (AvgIpc) is 3.89. The second-order valence-corrected chi connectivity index (χ2v) is 16.0. The summed E-state index contributed by atoms with van der Waals surface area (Å²) < 4.78 is 6.45. The van der Waals surface area contributed by atoms with Gasteiger partial charge in [-0.25, -0.2) is 9.97 Å². The quantitative estimate of drug-likeness (QED) is 0.161. The van der Waals surface area contributed by atoms with Gasteiger partial charge in [0.15, 0.2) is 5.82 Å². The number of aromatic nitrogens is 2. The number of nitrogens with zero attached hydrogens (tertiary/aromatic N) is 2. The molecule has 1 aliphatic carbocycles. The molecular formula is C59H38N2O. The molecule has 12 rings (SSSR count). The number of hydrogen-bond acceptors (Lipinski definition) is 3. The lowest BCUT2D eigenvalue weighted by Gasteiger charge is -2.33. The molecule has 0 atom stereocenters. The Balaban J connectivity index is 1.02. The number of benzene rings is 9. The highest BCUT2D eigenvalue weighted by atomic mass is 16.3. The molecule has 0 aliphatic heterocycles. The zero-order valence-corrected chi connectivity index (χ0v) is 33.7. The van der Waals surface area contributed by atoms with E-state index in [-0.39, 0.29) is 0 Å².